The zero-order valence-electron chi connectivity index (χ0n) is 18.3. The van der Waals surface area contributed by atoms with Crippen molar-refractivity contribution in [2.24, 2.45) is 0 Å². The molecule has 0 radical (unpaired) electrons. The lowest BCUT2D eigenvalue weighted by molar-refractivity contribution is 0.0532. The van der Waals surface area contributed by atoms with E-state index in [0.717, 1.165) is 5.56 Å². The zero-order valence-corrected chi connectivity index (χ0v) is 18.3. The average molecular weight is 455 g/mol. The summed E-state index contributed by atoms with van der Waals surface area (Å²) >= 11 is 0. The number of hydrogen-bond donors (Lipinski definition) is 0. The second-order valence-electron chi connectivity index (χ2n) is 8.12. The van der Waals surface area contributed by atoms with Crippen molar-refractivity contribution in [2.75, 3.05) is 26.2 Å². The van der Waals surface area contributed by atoms with Crippen LogP contribution in [-0.4, -0.2) is 74.5 Å². The van der Waals surface area contributed by atoms with Crippen LogP contribution in [0.25, 0.3) is 0 Å². The average Bonchev–Trinajstić information content (AvgIpc) is 3.13. The molecule has 0 saturated carbocycles. The Morgan fingerprint density at radius 3 is 2.15 bits per heavy atom. The van der Waals surface area contributed by atoms with E-state index in [1.165, 1.54) is 29.6 Å². The molecular formula is C25H21N5O4. The van der Waals surface area contributed by atoms with E-state index in [0.29, 0.717) is 37.3 Å². The van der Waals surface area contributed by atoms with Gasteiger partial charge in [0, 0.05) is 44.1 Å². The van der Waals surface area contributed by atoms with Gasteiger partial charge < -0.3 is 9.80 Å². The summed E-state index contributed by atoms with van der Waals surface area (Å²) in [6.07, 6.45) is 4.39. The summed E-state index contributed by atoms with van der Waals surface area (Å²) < 4.78 is 0. The molecule has 2 aliphatic heterocycles. The summed E-state index contributed by atoms with van der Waals surface area (Å²) in [5.74, 6) is -1.23. The van der Waals surface area contributed by atoms with E-state index < -0.39 is 5.91 Å². The molecule has 4 amide bonds. The molecule has 3 heterocycles. The number of rotatable bonds is 4. The molecule has 1 saturated heterocycles. The standard InChI is InChI=1S/C25H21N5O4/c31-22(28-10-12-29(13-11-28)25(34)21-15-26-8-9-27-21)18-6-7-19-20(14-18)24(33)30(23(19)32)16-17-4-2-1-3-5-17/h1-9,14-15H,10-13,16H2. The van der Waals surface area contributed by atoms with E-state index in [9.17, 15) is 19.2 Å². The van der Waals surface area contributed by atoms with Gasteiger partial charge in [0.15, 0.2) is 0 Å². The van der Waals surface area contributed by atoms with Crippen LogP contribution in [0.1, 0.15) is 47.1 Å². The molecule has 170 valence electrons. The van der Waals surface area contributed by atoms with Crippen LogP contribution < -0.4 is 0 Å². The number of carbonyl (C=O) groups is 4. The third-order valence-electron chi connectivity index (χ3n) is 6.04. The van der Waals surface area contributed by atoms with Crippen LogP contribution in [0.5, 0.6) is 0 Å². The first-order chi connectivity index (χ1) is 16.5. The highest BCUT2D eigenvalue weighted by atomic mass is 16.2. The number of amides is 4. The number of hydrogen-bond acceptors (Lipinski definition) is 6. The van der Waals surface area contributed by atoms with Gasteiger partial charge in [0.2, 0.25) is 0 Å². The van der Waals surface area contributed by atoms with Gasteiger partial charge in [-0.1, -0.05) is 30.3 Å². The van der Waals surface area contributed by atoms with Crippen molar-refractivity contribution in [3.8, 4) is 0 Å². The molecule has 3 aromatic rings. The van der Waals surface area contributed by atoms with Gasteiger partial charge in [0.25, 0.3) is 23.6 Å². The first-order valence-electron chi connectivity index (χ1n) is 10.9. The lowest BCUT2D eigenvalue weighted by atomic mass is 10.0. The summed E-state index contributed by atoms with van der Waals surface area (Å²) in [6, 6.07) is 13.9. The van der Waals surface area contributed by atoms with Crippen molar-refractivity contribution in [3.05, 3.63) is 95.1 Å². The van der Waals surface area contributed by atoms with Crippen molar-refractivity contribution in [2.45, 2.75) is 6.54 Å². The number of nitrogens with zero attached hydrogens (tertiary/aromatic N) is 5. The molecule has 9 heteroatoms. The SMILES string of the molecule is O=C(c1ccc2c(c1)C(=O)N(Cc1ccccc1)C2=O)N1CCN(C(=O)c2cnccn2)CC1. The highest BCUT2D eigenvalue weighted by Crippen LogP contribution is 2.26. The molecule has 2 aromatic carbocycles. The predicted molar refractivity (Wildman–Crippen MR) is 121 cm³/mol. The molecule has 0 unspecified atom stereocenters. The van der Waals surface area contributed by atoms with E-state index in [4.69, 9.17) is 0 Å². The predicted octanol–water partition coefficient (Wildman–Crippen LogP) is 1.87. The summed E-state index contributed by atoms with van der Waals surface area (Å²) in [7, 11) is 0. The number of benzene rings is 2. The monoisotopic (exact) mass is 455 g/mol. The Kier molecular flexibility index (Phi) is 5.59. The Balaban J connectivity index is 1.27. The molecule has 0 aliphatic carbocycles. The number of fused-ring (bicyclic) bond motifs is 1. The van der Waals surface area contributed by atoms with Gasteiger partial charge >= 0.3 is 0 Å². The lowest BCUT2D eigenvalue weighted by Gasteiger charge is -2.34. The molecule has 1 aromatic heterocycles. The summed E-state index contributed by atoms with van der Waals surface area (Å²) in [6.45, 7) is 1.63. The van der Waals surface area contributed by atoms with Gasteiger partial charge in [0.05, 0.1) is 23.9 Å². The number of piperazine rings is 1. The van der Waals surface area contributed by atoms with E-state index in [1.54, 1.807) is 21.9 Å². The van der Waals surface area contributed by atoms with Gasteiger partial charge in [-0.3, -0.25) is 29.1 Å². The second kappa shape index (κ2) is 8.86. The molecule has 0 N–H and O–H groups in total. The maximum Gasteiger partial charge on any atom is 0.274 e. The minimum atomic E-state index is -0.405. The Labute approximate surface area is 195 Å². The maximum atomic E-state index is 13.1. The summed E-state index contributed by atoms with van der Waals surface area (Å²) in [5, 5.41) is 0. The fraction of sp³-hybridized carbons (Fsp3) is 0.200. The highest BCUT2D eigenvalue weighted by Gasteiger charge is 2.36. The van der Waals surface area contributed by atoms with Crippen molar-refractivity contribution >= 4 is 23.6 Å². The largest absolute Gasteiger partial charge is 0.335 e. The first kappa shape index (κ1) is 21.4. The minimum absolute atomic E-state index is 0.179. The Hall–Kier alpha value is -4.40. The van der Waals surface area contributed by atoms with Crippen LogP contribution in [0.4, 0.5) is 0 Å². The second-order valence-corrected chi connectivity index (χ2v) is 8.12. The first-order valence-corrected chi connectivity index (χ1v) is 10.9. The third kappa shape index (κ3) is 3.92. The Morgan fingerprint density at radius 1 is 0.794 bits per heavy atom. The molecule has 2 aliphatic rings. The van der Waals surface area contributed by atoms with Gasteiger partial charge in [-0.15, -0.1) is 0 Å². The number of carbonyl (C=O) groups excluding carboxylic acids is 4. The number of aromatic nitrogens is 2. The number of imide groups is 1. The molecule has 0 spiro atoms. The van der Waals surface area contributed by atoms with Crippen molar-refractivity contribution in [1.82, 2.24) is 24.7 Å². The van der Waals surface area contributed by atoms with Gasteiger partial charge in [-0.25, -0.2) is 4.98 Å². The molecule has 9 nitrogen and oxygen atoms in total. The van der Waals surface area contributed by atoms with Crippen LogP contribution in [-0.2, 0) is 6.54 Å². The van der Waals surface area contributed by atoms with Crippen LogP contribution in [0, 0.1) is 0 Å². The van der Waals surface area contributed by atoms with E-state index in [1.807, 2.05) is 30.3 Å². The van der Waals surface area contributed by atoms with E-state index >= 15 is 0 Å². The molecule has 1 fully saturated rings. The van der Waals surface area contributed by atoms with Crippen LogP contribution in [0.2, 0.25) is 0 Å². The molecule has 5 rings (SSSR count). The smallest absolute Gasteiger partial charge is 0.274 e. The highest BCUT2D eigenvalue weighted by molar-refractivity contribution is 6.22. The van der Waals surface area contributed by atoms with Crippen molar-refractivity contribution < 1.29 is 19.2 Å². The fourth-order valence-electron chi connectivity index (χ4n) is 4.20. The third-order valence-corrected chi connectivity index (χ3v) is 6.04. The zero-order chi connectivity index (χ0) is 23.7. The van der Waals surface area contributed by atoms with E-state index in [2.05, 4.69) is 9.97 Å². The quantitative estimate of drug-likeness (QED) is 0.557. The van der Waals surface area contributed by atoms with Gasteiger partial charge in [0.1, 0.15) is 5.69 Å². The topological polar surface area (TPSA) is 104 Å². The van der Waals surface area contributed by atoms with Gasteiger partial charge in [-0.2, -0.15) is 0 Å². The summed E-state index contributed by atoms with van der Waals surface area (Å²) in [4.78, 5) is 63.8. The Bertz CT molecular complexity index is 1270. The van der Waals surface area contributed by atoms with E-state index in [-0.39, 0.29) is 35.5 Å². The lowest BCUT2D eigenvalue weighted by Crippen LogP contribution is -2.50. The molecule has 34 heavy (non-hydrogen) atoms. The fourth-order valence-corrected chi connectivity index (χ4v) is 4.20. The molecular weight excluding hydrogens is 434 g/mol. The minimum Gasteiger partial charge on any atom is -0.335 e. The van der Waals surface area contributed by atoms with Crippen LogP contribution in [0.3, 0.4) is 0 Å². The van der Waals surface area contributed by atoms with Crippen molar-refractivity contribution in [3.63, 3.8) is 0 Å². The van der Waals surface area contributed by atoms with Gasteiger partial charge in [-0.05, 0) is 23.8 Å². The van der Waals surface area contributed by atoms with Crippen molar-refractivity contribution in [1.29, 1.82) is 0 Å². The summed E-state index contributed by atoms with van der Waals surface area (Å²) in [5.41, 5.74) is 2.00. The maximum absolute atomic E-state index is 13.1. The molecule has 0 bridgehead atoms. The van der Waals surface area contributed by atoms with Crippen LogP contribution >= 0.6 is 0 Å². The molecule has 0 atom stereocenters. The normalized spacial score (nSPS) is 15.5. The Morgan fingerprint density at radius 2 is 1.47 bits per heavy atom. The van der Waals surface area contributed by atoms with Crippen LogP contribution in [0.15, 0.2) is 67.1 Å².